The maximum Gasteiger partial charge on any atom is 0.303 e. The SMILES string of the molecule is NC(CCC(=O)O)Cc1cc(F)cc(F)c1. The molecule has 0 aliphatic heterocycles. The lowest BCUT2D eigenvalue weighted by atomic mass is 10.0. The van der Waals surface area contributed by atoms with Gasteiger partial charge in [0.1, 0.15) is 11.6 Å². The third-order valence-corrected chi connectivity index (χ3v) is 2.15. The third-order valence-electron chi connectivity index (χ3n) is 2.15. The van der Waals surface area contributed by atoms with E-state index in [1.165, 1.54) is 12.1 Å². The third kappa shape index (κ3) is 4.35. The molecule has 0 aliphatic carbocycles. The molecular formula is C11H13F2NO2. The van der Waals surface area contributed by atoms with E-state index in [4.69, 9.17) is 10.8 Å². The Labute approximate surface area is 91.9 Å². The van der Waals surface area contributed by atoms with Crippen LogP contribution in [0.5, 0.6) is 0 Å². The van der Waals surface area contributed by atoms with E-state index in [9.17, 15) is 13.6 Å². The molecule has 1 unspecified atom stereocenters. The number of aliphatic carboxylic acids is 1. The van der Waals surface area contributed by atoms with Crippen LogP contribution < -0.4 is 5.73 Å². The molecule has 0 aliphatic rings. The van der Waals surface area contributed by atoms with Crippen LogP contribution in [0.3, 0.4) is 0 Å². The van der Waals surface area contributed by atoms with Gasteiger partial charge in [-0.05, 0) is 30.5 Å². The summed E-state index contributed by atoms with van der Waals surface area (Å²) in [4.78, 5) is 10.3. The van der Waals surface area contributed by atoms with Crippen LogP contribution in [0, 0.1) is 11.6 Å². The smallest absolute Gasteiger partial charge is 0.303 e. The average molecular weight is 229 g/mol. The number of carboxylic acids is 1. The van der Waals surface area contributed by atoms with Gasteiger partial charge in [0.15, 0.2) is 0 Å². The zero-order chi connectivity index (χ0) is 12.1. The molecule has 5 heteroatoms. The van der Waals surface area contributed by atoms with E-state index in [-0.39, 0.29) is 19.3 Å². The van der Waals surface area contributed by atoms with Gasteiger partial charge in [0.25, 0.3) is 0 Å². The van der Waals surface area contributed by atoms with Crippen molar-refractivity contribution in [2.75, 3.05) is 0 Å². The van der Waals surface area contributed by atoms with Gasteiger partial charge >= 0.3 is 5.97 Å². The summed E-state index contributed by atoms with van der Waals surface area (Å²) in [6, 6.07) is 2.77. The Morgan fingerprint density at radius 1 is 1.31 bits per heavy atom. The highest BCUT2D eigenvalue weighted by atomic mass is 19.1. The Morgan fingerprint density at radius 3 is 2.38 bits per heavy atom. The van der Waals surface area contributed by atoms with E-state index in [0.29, 0.717) is 5.56 Å². The lowest BCUT2D eigenvalue weighted by molar-refractivity contribution is -0.137. The van der Waals surface area contributed by atoms with Crippen LogP contribution in [-0.4, -0.2) is 17.1 Å². The van der Waals surface area contributed by atoms with Gasteiger partial charge in [-0.25, -0.2) is 8.78 Å². The number of rotatable bonds is 5. The first-order valence-corrected chi connectivity index (χ1v) is 4.89. The molecule has 1 aromatic rings. The standard InChI is InChI=1S/C11H13F2NO2/c12-8-3-7(4-9(13)6-8)5-10(14)1-2-11(15)16/h3-4,6,10H,1-2,5,14H2,(H,15,16). The molecule has 0 fully saturated rings. The van der Waals surface area contributed by atoms with Gasteiger partial charge in [-0.15, -0.1) is 0 Å². The molecule has 1 atom stereocenters. The van der Waals surface area contributed by atoms with E-state index in [1.54, 1.807) is 0 Å². The quantitative estimate of drug-likeness (QED) is 0.807. The molecule has 0 saturated heterocycles. The second-order valence-corrected chi connectivity index (χ2v) is 3.67. The van der Waals surface area contributed by atoms with E-state index >= 15 is 0 Å². The second kappa shape index (κ2) is 5.55. The fraction of sp³-hybridized carbons (Fsp3) is 0.364. The minimum atomic E-state index is -0.930. The molecule has 0 bridgehead atoms. The van der Waals surface area contributed by atoms with Crippen LogP contribution >= 0.6 is 0 Å². The Morgan fingerprint density at radius 2 is 1.88 bits per heavy atom. The molecular weight excluding hydrogens is 216 g/mol. The number of hydrogen-bond donors (Lipinski definition) is 2. The fourth-order valence-corrected chi connectivity index (χ4v) is 1.44. The molecule has 16 heavy (non-hydrogen) atoms. The second-order valence-electron chi connectivity index (χ2n) is 3.67. The zero-order valence-electron chi connectivity index (χ0n) is 8.62. The highest BCUT2D eigenvalue weighted by molar-refractivity contribution is 5.66. The molecule has 1 aromatic carbocycles. The molecule has 0 aromatic heterocycles. The normalized spacial score (nSPS) is 12.4. The van der Waals surface area contributed by atoms with Gasteiger partial charge in [-0.2, -0.15) is 0 Å². The minimum absolute atomic E-state index is 0.0427. The maximum atomic E-state index is 12.8. The molecule has 0 radical (unpaired) electrons. The number of halogens is 2. The average Bonchev–Trinajstić information content (AvgIpc) is 2.12. The highest BCUT2D eigenvalue weighted by Crippen LogP contribution is 2.11. The van der Waals surface area contributed by atoms with Crippen molar-refractivity contribution < 1.29 is 18.7 Å². The number of hydrogen-bond acceptors (Lipinski definition) is 2. The van der Waals surface area contributed by atoms with Gasteiger partial charge in [-0.3, -0.25) is 4.79 Å². The monoisotopic (exact) mass is 229 g/mol. The molecule has 0 spiro atoms. The number of carbonyl (C=O) groups is 1. The van der Waals surface area contributed by atoms with Gasteiger partial charge < -0.3 is 10.8 Å². The Bertz CT molecular complexity index is 362. The fourth-order valence-electron chi connectivity index (χ4n) is 1.44. The van der Waals surface area contributed by atoms with E-state index in [1.807, 2.05) is 0 Å². The van der Waals surface area contributed by atoms with Gasteiger partial charge in [0, 0.05) is 18.5 Å². The number of nitrogens with two attached hydrogens (primary N) is 1. The summed E-state index contributed by atoms with van der Waals surface area (Å²) >= 11 is 0. The van der Waals surface area contributed by atoms with Crippen LogP contribution in [0.4, 0.5) is 8.78 Å². The van der Waals surface area contributed by atoms with Crippen LogP contribution in [0.15, 0.2) is 18.2 Å². The van der Waals surface area contributed by atoms with Crippen molar-refractivity contribution in [3.8, 4) is 0 Å². The predicted octanol–water partition coefficient (Wildman–Crippen LogP) is 1.70. The number of benzene rings is 1. The van der Waals surface area contributed by atoms with Crippen molar-refractivity contribution >= 4 is 5.97 Å². The van der Waals surface area contributed by atoms with E-state index < -0.39 is 23.6 Å². The lowest BCUT2D eigenvalue weighted by Crippen LogP contribution is -2.23. The number of carboxylic acid groups (broad SMARTS) is 1. The maximum absolute atomic E-state index is 12.8. The summed E-state index contributed by atoms with van der Waals surface area (Å²) in [7, 11) is 0. The Balaban J connectivity index is 2.55. The highest BCUT2D eigenvalue weighted by Gasteiger charge is 2.08. The van der Waals surface area contributed by atoms with Crippen LogP contribution in [-0.2, 0) is 11.2 Å². The van der Waals surface area contributed by atoms with Gasteiger partial charge in [-0.1, -0.05) is 0 Å². The minimum Gasteiger partial charge on any atom is -0.481 e. The first-order chi connectivity index (χ1) is 7.47. The van der Waals surface area contributed by atoms with Crippen LogP contribution in [0.2, 0.25) is 0 Å². The van der Waals surface area contributed by atoms with Crippen molar-refractivity contribution in [2.24, 2.45) is 5.73 Å². The molecule has 0 heterocycles. The summed E-state index contributed by atoms with van der Waals surface area (Å²) in [5.41, 5.74) is 6.09. The summed E-state index contributed by atoms with van der Waals surface area (Å²) in [6.07, 6.45) is 0.508. The largest absolute Gasteiger partial charge is 0.481 e. The van der Waals surface area contributed by atoms with Gasteiger partial charge in [0.05, 0.1) is 0 Å². The predicted molar refractivity (Wildman–Crippen MR) is 54.9 cm³/mol. The molecule has 0 saturated carbocycles. The molecule has 1 rings (SSSR count). The van der Waals surface area contributed by atoms with E-state index in [0.717, 1.165) is 6.07 Å². The summed E-state index contributed by atoms with van der Waals surface area (Å²) < 4.78 is 25.6. The summed E-state index contributed by atoms with van der Waals surface area (Å²) in [5.74, 6) is -2.23. The topological polar surface area (TPSA) is 63.3 Å². The van der Waals surface area contributed by atoms with Crippen molar-refractivity contribution in [3.63, 3.8) is 0 Å². The van der Waals surface area contributed by atoms with Crippen LogP contribution in [0.1, 0.15) is 18.4 Å². The first-order valence-electron chi connectivity index (χ1n) is 4.89. The van der Waals surface area contributed by atoms with E-state index in [2.05, 4.69) is 0 Å². The molecule has 3 nitrogen and oxygen atoms in total. The van der Waals surface area contributed by atoms with Gasteiger partial charge in [0.2, 0.25) is 0 Å². The van der Waals surface area contributed by atoms with Crippen molar-refractivity contribution in [1.82, 2.24) is 0 Å². The summed E-state index contributed by atoms with van der Waals surface area (Å²) in [5, 5.41) is 8.44. The lowest BCUT2D eigenvalue weighted by Gasteiger charge is -2.10. The zero-order valence-corrected chi connectivity index (χ0v) is 8.62. The molecule has 3 N–H and O–H groups in total. The Kier molecular flexibility index (Phi) is 4.37. The Hall–Kier alpha value is -1.49. The van der Waals surface area contributed by atoms with Crippen molar-refractivity contribution in [2.45, 2.75) is 25.3 Å². The van der Waals surface area contributed by atoms with Crippen LogP contribution in [0.25, 0.3) is 0 Å². The van der Waals surface area contributed by atoms with Crippen molar-refractivity contribution in [1.29, 1.82) is 0 Å². The summed E-state index contributed by atoms with van der Waals surface area (Å²) in [6.45, 7) is 0. The van der Waals surface area contributed by atoms with Crippen molar-refractivity contribution in [3.05, 3.63) is 35.4 Å². The first kappa shape index (κ1) is 12.6. The molecule has 88 valence electrons. The molecule has 0 amide bonds.